The Hall–Kier alpha value is -1.38. The number of likely N-dealkylation sites (N-methyl/N-ethyl adjacent to an activating group) is 1. The lowest BCUT2D eigenvalue weighted by molar-refractivity contribution is -0.134. The molecule has 0 aliphatic heterocycles. The Morgan fingerprint density at radius 1 is 1.21 bits per heavy atom. The van der Waals surface area contributed by atoms with Crippen LogP contribution in [0, 0.1) is 5.82 Å². The Morgan fingerprint density at radius 3 is 2.32 bits per heavy atom. The number of benzene rings is 1. The number of nitrogens with zero attached hydrogens (tertiary/aromatic N) is 1. The van der Waals surface area contributed by atoms with Crippen molar-refractivity contribution < 1.29 is 9.18 Å². The number of carbonyl (C=O) groups is 1. The van der Waals surface area contributed by atoms with Gasteiger partial charge in [-0.05, 0) is 43.4 Å². The van der Waals surface area contributed by atoms with Crippen LogP contribution in [0.3, 0.4) is 0 Å². The van der Waals surface area contributed by atoms with Gasteiger partial charge in [0.05, 0.1) is 5.41 Å². The van der Waals surface area contributed by atoms with Crippen molar-refractivity contribution in [2.24, 2.45) is 0 Å². The number of hydrogen-bond donors (Lipinski definition) is 0. The van der Waals surface area contributed by atoms with Crippen LogP contribution in [0.4, 0.5) is 4.39 Å². The first kappa shape index (κ1) is 12.6. The predicted octanol–water partition coefficient (Wildman–Crippen LogP) is 3.26. The van der Waals surface area contributed by atoms with Crippen molar-refractivity contribution in [3.8, 4) is 0 Å². The van der Waals surface area contributed by atoms with Gasteiger partial charge in [0.25, 0.3) is 0 Å². The van der Waals surface area contributed by atoms with Crippen molar-refractivity contribution >= 4 is 5.91 Å². The predicted molar refractivity (Wildman–Crippen MR) is 72.3 cm³/mol. The fraction of sp³-hybridized carbons (Fsp3) is 0.562. The molecule has 0 spiro atoms. The van der Waals surface area contributed by atoms with Crippen LogP contribution in [0.15, 0.2) is 24.3 Å². The van der Waals surface area contributed by atoms with Gasteiger partial charge in [-0.3, -0.25) is 4.79 Å². The molecule has 0 bridgehead atoms. The van der Waals surface area contributed by atoms with Crippen molar-refractivity contribution in [3.05, 3.63) is 35.6 Å². The molecule has 2 aliphatic rings. The summed E-state index contributed by atoms with van der Waals surface area (Å²) in [6, 6.07) is 6.85. The SMILES string of the molecule is CN(C(=O)C1(c2ccc(F)cc2)CC1)C1CCCC1. The highest BCUT2D eigenvalue weighted by Gasteiger charge is 2.53. The van der Waals surface area contributed by atoms with Crippen LogP contribution in [-0.4, -0.2) is 23.9 Å². The molecular formula is C16H20FNO. The normalized spacial score (nSPS) is 21.4. The summed E-state index contributed by atoms with van der Waals surface area (Å²) in [5.41, 5.74) is 0.620. The molecule has 0 N–H and O–H groups in total. The minimum absolute atomic E-state index is 0.228. The first-order valence-electron chi connectivity index (χ1n) is 7.17. The van der Waals surface area contributed by atoms with E-state index in [2.05, 4.69) is 0 Å². The molecule has 0 unspecified atom stereocenters. The third-order valence-corrected chi connectivity index (χ3v) is 4.75. The lowest BCUT2D eigenvalue weighted by atomic mass is 9.93. The molecule has 3 heteroatoms. The standard InChI is InChI=1S/C16H20FNO/c1-18(14-4-2-3-5-14)15(19)16(10-11-16)12-6-8-13(17)9-7-12/h6-9,14H,2-5,10-11H2,1H3. The number of carbonyl (C=O) groups excluding carboxylic acids is 1. The zero-order valence-electron chi connectivity index (χ0n) is 11.4. The molecule has 3 rings (SSSR count). The Morgan fingerprint density at radius 2 is 1.79 bits per heavy atom. The number of hydrogen-bond acceptors (Lipinski definition) is 1. The van der Waals surface area contributed by atoms with E-state index in [0.29, 0.717) is 6.04 Å². The van der Waals surface area contributed by atoms with Crippen molar-refractivity contribution in [3.63, 3.8) is 0 Å². The zero-order chi connectivity index (χ0) is 13.5. The van der Waals surface area contributed by atoms with Crippen LogP contribution in [0.1, 0.15) is 44.1 Å². The molecule has 1 amide bonds. The molecule has 0 aromatic heterocycles. The maximum Gasteiger partial charge on any atom is 0.233 e. The Kier molecular flexibility index (Phi) is 3.08. The van der Waals surface area contributed by atoms with Gasteiger partial charge in [-0.2, -0.15) is 0 Å². The summed E-state index contributed by atoms with van der Waals surface area (Å²) >= 11 is 0. The molecule has 19 heavy (non-hydrogen) atoms. The summed E-state index contributed by atoms with van der Waals surface area (Å²) in [4.78, 5) is 14.7. The second kappa shape index (κ2) is 4.62. The second-order valence-corrected chi connectivity index (χ2v) is 5.94. The number of amides is 1. The minimum Gasteiger partial charge on any atom is -0.342 e. The number of rotatable bonds is 3. The molecule has 0 heterocycles. The van der Waals surface area contributed by atoms with E-state index in [9.17, 15) is 9.18 Å². The summed E-state index contributed by atoms with van der Waals surface area (Å²) < 4.78 is 13.0. The van der Waals surface area contributed by atoms with Crippen LogP contribution in [0.5, 0.6) is 0 Å². The second-order valence-electron chi connectivity index (χ2n) is 5.94. The Balaban J connectivity index is 1.80. The first-order valence-corrected chi connectivity index (χ1v) is 7.17. The van der Waals surface area contributed by atoms with Crippen LogP contribution in [0.25, 0.3) is 0 Å². The molecule has 2 fully saturated rings. The van der Waals surface area contributed by atoms with E-state index in [4.69, 9.17) is 0 Å². The van der Waals surface area contributed by atoms with Crippen LogP contribution in [-0.2, 0) is 10.2 Å². The zero-order valence-corrected chi connectivity index (χ0v) is 11.4. The monoisotopic (exact) mass is 261 g/mol. The topological polar surface area (TPSA) is 20.3 Å². The van der Waals surface area contributed by atoms with Crippen molar-refractivity contribution in [2.75, 3.05) is 7.05 Å². The van der Waals surface area contributed by atoms with Gasteiger partial charge in [0.2, 0.25) is 5.91 Å². The third-order valence-electron chi connectivity index (χ3n) is 4.75. The maximum atomic E-state index is 13.0. The van der Waals surface area contributed by atoms with Gasteiger partial charge in [-0.1, -0.05) is 25.0 Å². The highest BCUT2D eigenvalue weighted by atomic mass is 19.1. The molecular weight excluding hydrogens is 241 g/mol. The van der Waals surface area contributed by atoms with Crippen molar-refractivity contribution in [2.45, 2.75) is 50.0 Å². The summed E-state index contributed by atoms with van der Waals surface area (Å²) in [5.74, 6) is -0.0119. The molecule has 1 aromatic carbocycles. The molecule has 0 atom stereocenters. The first-order chi connectivity index (χ1) is 9.13. The lowest BCUT2D eigenvalue weighted by Gasteiger charge is -2.29. The van der Waals surface area contributed by atoms with Gasteiger partial charge in [-0.15, -0.1) is 0 Å². The fourth-order valence-corrected chi connectivity index (χ4v) is 3.31. The van der Waals surface area contributed by atoms with E-state index < -0.39 is 0 Å². The lowest BCUT2D eigenvalue weighted by Crippen LogP contribution is -2.42. The largest absolute Gasteiger partial charge is 0.342 e. The van der Waals surface area contributed by atoms with Crippen molar-refractivity contribution in [1.82, 2.24) is 4.90 Å². The molecule has 2 aliphatic carbocycles. The van der Waals surface area contributed by atoms with E-state index in [0.717, 1.165) is 31.2 Å². The number of halogens is 1. The summed E-state index contributed by atoms with van der Waals surface area (Å²) in [6.45, 7) is 0. The van der Waals surface area contributed by atoms with E-state index in [1.165, 1.54) is 25.0 Å². The van der Waals surface area contributed by atoms with Gasteiger partial charge in [0.15, 0.2) is 0 Å². The van der Waals surface area contributed by atoms with E-state index >= 15 is 0 Å². The minimum atomic E-state index is -0.356. The van der Waals surface area contributed by atoms with Gasteiger partial charge in [0, 0.05) is 13.1 Å². The molecule has 102 valence electrons. The quantitative estimate of drug-likeness (QED) is 0.818. The third kappa shape index (κ3) is 2.15. The molecule has 2 nitrogen and oxygen atoms in total. The molecule has 0 saturated heterocycles. The van der Waals surface area contributed by atoms with Crippen LogP contribution >= 0.6 is 0 Å². The van der Waals surface area contributed by atoms with Crippen LogP contribution < -0.4 is 0 Å². The van der Waals surface area contributed by atoms with Crippen LogP contribution in [0.2, 0.25) is 0 Å². The van der Waals surface area contributed by atoms with Gasteiger partial charge >= 0.3 is 0 Å². The average molecular weight is 261 g/mol. The average Bonchev–Trinajstić information content (AvgIpc) is 3.05. The molecule has 1 aromatic rings. The molecule has 0 radical (unpaired) electrons. The smallest absolute Gasteiger partial charge is 0.233 e. The van der Waals surface area contributed by atoms with E-state index in [1.54, 1.807) is 12.1 Å². The highest BCUT2D eigenvalue weighted by Crippen LogP contribution is 2.50. The highest BCUT2D eigenvalue weighted by molar-refractivity contribution is 5.91. The fourth-order valence-electron chi connectivity index (χ4n) is 3.31. The van der Waals surface area contributed by atoms with Gasteiger partial charge < -0.3 is 4.90 Å². The Bertz CT molecular complexity index is 472. The van der Waals surface area contributed by atoms with E-state index in [-0.39, 0.29) is 17.1 Å². The summed E-state index contributed by atoms with van der Waals surface area (Å²) in [5, 5.41) is 0. The maximum absolute atomic E-state index is 13.0. The summed E-state index contributed by atoms with van der Waals surface area (Å²) in [6.07, 6.45) is 6.50. The van der Waals surface area contributed by atoms with Crippen molar-refractivity contribution in [1.29, 1.82) is 0 Å². The summed E-state index contributed by atoms with van der Waals surface area (Å²) in [7, 11) is 1.93. The Labute approximate surface area is 113 Å². The van der Waals surface area contributed by atoms with Gasteiger partial charge in [-0.25, -0.2) is 4.39 Å². The molecule has 2 saturated carbocycles. The van der Waals surface area contributed by atoms with E-state index in [1.807, 2.05) is 11.9 Å². The van der Waals surface area contributed by atoms with Gasteiger partial charge in [0.1, 0.15) is 5.82 Å².